The normalized spacial score (nSPS) is 18.9. The van der Waals surface area contributed by atoms with Gasteiger partial charge in [0.1, 0.15) is 0 Å². The third-order valence-corrected chi connectivity index (χ3v) is 2.95. The first-order valence-corrected chi connectivity index (χ1v) is 6.04. The third kappa shape index (κ3) is 3.60. The van der Waals surface area contributed by atoms with E-state index >= 15 is 0 Å². The lowest BCUT2D eigenvalue weighted by atomic mass is 10.0. The van der Waals surface area contributed by atoms with E-state index in [0.717, 1.165) is 12.0 Å². The summed E-state index contributed by atoms with van der Waals surface area (Å²) in [4.78, 5) is 10.6. The van der Waals surface area contributed by atoms with E-state index in [1.807, 2.05) is 30.3 Å². The maximum atomic E-state index is 10.6. The third-order valence-electron chi connectivity index (χ3n) is 2.95. The van der Waals surface area contributed by atoms with Gasteiger partial charge >= 0.3 is 0 Å². The lowest BCUT2D eigenvalue weighted by Gasteiger charge is -2.24. The first kappa shape index (κ1) is 12.6. The molecule has 1 aromatic rings. The predicted molar refractivity (Wildman–Crippen MR) is 65.3 cm³/mol. The molecule has 0 aromatic heterocycles. The highest BCUT2D eigenvalue weighted by Crippen LogP contribution is 2.13. The Morgan fingerprint density at radius 1 is 1.39 bits per heavy atom. The zero-order valence-corrected chi connectivity index (χ0v) is 10.1. The van der Waals surface area contributed by atoms with Crippen molar-refractivity contribution in [3.63, 3.8) is 0 Å². The van der Waals surface area contributed by atoms with Crippen LogP contribution in [-0.2, 0) is 16.1 Å². The topological polar surface area (TPSA) is 61.4 Å². The Morgan fingerprint density at radius 2 is 2.17 bits per heavy atom. The maximum Gasteiger partial charge on any atom is 0.0717 e. The predicted octanol–water partition coefficient (Wildman–Crippen LogP) is 0.589. The molecule has 4 nitrogen and oxygen atoms in total. The molecule has 1 aromatic carbocycles. The fourth-order valence-electron chi connectivity index (χ4n) is 1.89. The van der Waals surface area contributed by atoms with Crippen LogP contribution >= 0.6 is 0 Å². The molecule has 1 atom stereocenters. The number of nitrogens with one attached hydrogen (secondary N) is 1. The molecule has 0 fully saturated rings. The van der Waals surface area contributed by atoms with E-state index in [0.29, 0.717) is 25.2 Å². The molecule has 0 radical (unpaired) electrons. The van der Waals surface area contributed by atoms with Crippen molar-refractivity contribution in [3.05, 3.63) is 47.7 Å². The SMILES string of the molecule is O=C([O-])C1=CNC(COCc2ccccc2)CC1. The van der Waals surface area contributed by atoms with Crippen LogP contribution < -0.4 is 10.4 Å². The van der Waals surface area contributed by atoms with E-state index in [4.69, 9.17) is 4.74 Å². The molecular weight excluding hydrogens is 230 g/mol. The van der Waals surface area contributed by atoms with Crippen molar-refractivity contribution in [2.75, 3.05) is 6.61 Å². The summed E-state index contributed by atoms with van der Waals surface area (Å²) < 4.78 is 5.60. The van der Waals surface area contributed by atoms with Crippen LogP contribution in [-0.4, -0.2) is 18.6 Å². The molecule has 1 unspecified atom stereocenters. The molecule has 1 heterocycles. The summed E-state index contributed by atoms with van der Waals surface area (Å²) in [5.74, 6) is -1.09. The largest absolute Gasteiger partial charge is 0.545 e. The summed E-state index contributed by atoms with van der Waals surface area (Å²) in [5, 5.41) is 13.6. The monoisotopic (exact) mass is 246 g/mol. The molecule has 1 aliphatic rings. The first-order valence-electron chi connectivity index (χ1n) is 6.04. The van der Waals surface area contributed by atoms with Crippen LogP contribution in [0.5, 0.6) is 0 Å². The lowest BCUT2D eigenvalue weighted by molar-refractivity contribution is -0.299. The fourth-order valence-corrected chi connectivity index (χ4v) is 1.89. The van der Waals surface area contributed by atoms with Crippen molar-refractivity contribution in [2.24, 2.45) is 0 Å². The summed E-state index contributed by atoms with van der Waals surface area (Å²) >= 11 is 0. The van der Waals surface area contributed by atoms with Crippen LogP contribution in [0.3, 0.4) is 0 Å². The van der Waals surface area contributed by atoms with Gasteiger partial charge in [-0.3, -0.25) is 0 Å². The van der Waals surface area contributed by atoms with Crippen LogP contribution in [0.15, 0.2) is 42.1 Å². The van der Waals surface area contributed by atoms with Gasteiger partial charge in [0.15, 0.2) is 0 Å². The minimum atomic E-state index is -1.09. The Bertz CT molecular complexity index is 428. The molecule has 18 heavy (non-hydrogen) atoms. The second kappa shape index (κ2) is 6.21. The van der Waals surface area contributed by atoms with Crippen molar-refractivity contribution in [3.8, 4) is 0 Å². The molecule has 0 saturated carbocycles. The van der Waals surface area contributed by atoms with Gasteiger partial charge in [0.05, 0.1) is 19.2 Å². The van der Waals surface area contributed by atoms with Gasteiger partial charge in [-0.15, -0.1) is 0 Å². The van der Waals surface area contributed by atoms with Crippen LogP contribution in [0.25, 0.3) is 0 Å². The van der Waals surface area contributed by atoms with Crippen LogP contribution in [0.1, 0.15) is 18.4 Å². The molecule has 1 aliphatic heterocycles. The first-order chi connectivity index (χ1) is 8.75. The van der Waals surface area contributed by atoms with Crippen LogP contribution in [0, 0.1) is 0 Å². The van der Waals surface area contributed by atoms with Crippen molar-refractivity contribution in [1.29, 1.82) is 0 Å². The number of hydrogen-bond donors (Lipinski definition) is 1. The Hall–Kier alpha value is -1.81. The number of carboxylic acids is 1. The van der Waals surface area contributed by atoms with Gasteiger partial charge in [0.25, 0.3) is 0 Å². The number of carbonyl (C=O) groups excluding carboxylic acids is 1. The number of carbonyl (C=O) groups is 1. The average Bonchev–Trinajstić information content (AvgIpc) is 2.40. The number of ether oxygens (including phenoxy) is 1. The van der Waals surface area contributed by atoms with Gasteiger partial charge in [-0.05, 0) is 24.0 Å². The van der Waals surface area contributed by atoms with E-state index in [1.165, 1.54) is 6.20 Å². The van der Waals surface area contributed by atoms with Crippen molar-refractivity contribution in [1.82, 2.24) is 5.32 Å². The maximum absolute atomic E-state index is 10.6. The standard InChI is InChI=1S/C14H17NO3/c16-14(17)12-6-7-13(15-8-12)10-18-9-11-4-2-1-3-5-11/h1-5,8,13,15H,6-7,9-10H2,(H,16,17)/p-1. The van der Waals surface area contributed by atoms with E-state index in [1.54, 1.807) is 0 Å². The Balaban J connectivity index is 1.71. The molecule has 2 rings (SSSR count). The number of hydrogen-bond acceptors (Lipinski definition) is 4. The zero-order chi connectivity index (χ0) is 12.8. The second-order valence-corrected chi connectivity index (χ2v) is 4.36. The van der Waals surface area contributed by atoms with E-state index in [-0.39, 0.29) is 6.04 Å². The van der Waals surface area contributed by atoms with Gasteiger partial charge in [-0.25, -0.2) is 0 Å². The smallest absolute Gasteiger partial charge is 0.0717 e. The van der Waals surface area contributed by atoms with Gasteiger partial charge < -0.3 is 20.0 Å². The Kier molecular flexibility index (Phi) is 4.36. The van der Waals surface area contributed by atoms with Gasteiger partial charge in [-0.1, -0.05) is 30.3 Å². The highest BCUT2D eigenvalue weighted by Gasteiger charge is 2.14. The fraction of sp³-hybridized carbons (Fsp3) is 0.357. The quantitative estimate of drug-likeness (QED) is 0.826. The van der Waals surface area contributed by atoms with Crippen molar-refractivity contribution >= 4 is 5.97 Å². The highest BCUT2D eigenvalue weighted by atomic mass is 16.5. The number of benzene rings is 1. The lowest BCUT2D eigenvalue weighted by Crippen LogP contribution is -2.36. The molecular formula is C14H16NO3-. The van der Waals surface area contributed by atoms with Gasteiger partial charge in [0, 0.05) is 12.2 Å². The van der Waals surface area contributed by atoms with Crippen LogP contribution in [0.2, 0.25) is 0 Å². The summed E-state index contributed by atoms with van der Waals surface area (Å²) in [6.07, 6.45) is 2.82. The summed E-state index contributed by atoms with van der Waals surface area (Å²) in [7, 11) is 0. The highest BCUT2D eigenvalue weighted by molar-refractivity contribution is 5.84. The minimum Gasteiger partial charge on any atom is -0.545 e. The summed E-state index contributed by atoms with van der Waals surface area (Å²) in [6, 6.07) is 10.1. The minimum absolute atomic E-state index is 0.178. The molecule has 0 bridgehead atoms. The summed E-state index contributed by atoms with van der Waals surface area (Å²) in [5.41, 5.74) is 1.47. The van der Waals surface area contributed by atoms with Crippen LogP contribution in [0.4, 0.5) is 0 Å². The molecule has 0 spiro atoms. The molecule has 0 amide bonds. The number of rotatable bonds is 5. The van der Waals surface area contributed by atoms with E-state index in [9.17, 15) is 9.90 Å². The van der Waals surface area contributed by atoms with E-state index < -0.39 is 5.97 Å². The van der Waals surface area contributed by atoms with Gasteiger partial charge in [0.2, 0.25) is 0 Å². The van der Waals surface area contributed by atoms with Crippen molar-refractivity contribution in [2.45, 2.75) is 25.5 Å². The molecule has 4 heteroatoms. The number of aliphatic carboxylic acids is 1. The van der Waals surface area contributed by atoms with E-state index in [2.05, 4.69) is 5.32 Å². The Morgan fingerprint density at radius 3 is 2.78 bits per heavy atom. The molecule has 96 valence electrons. The second-order valence-electron chi connectivity index (χ2n) is 4.36. The summed E-state index contributed by atoms with van der Waals surface area (Å²) in [6.45, 7) is 1.15. The molecule has 0 aliphatic carbocycles. The van der Waals surface area contributed by atoms with Gasteiger partial charge in [-0.2, -0.15) is 0 Å². The Labute approximate surface area is 106 Å². The number of carboxylic acid groups (broad SMARTS) is 1. The molecule has 0 saturated heterocycles. The molecule has 1 N–H and O–H groups in total. The van der Waals surface area contributed by atoms with Crippen molar-refractivity contribution < 1.29 is 14.6 Å². The average molecular weight is 246 g/mol. The zero-order valence-electron chi connectivity index (χ0n) is 10.1.